The molecule has 0 saturated heterocycles. The minimum Gasteiger partial charge on any atom is -0.460 e. The lowest BCUT2D eigenvalue weighted by atomic mass is 10.1. The first kappa shape index (κ1) is 22.0. The number of esters is 1. The first-order valence-corrected chi connectivity index (χ1v) is 10.6. The van der Waals surface area contributed by atoms with Gasteiger partial charge in [0.05, 0.1) is 9.82 Å². The van der Waals surface area contributed by atoms with Gasteiger partial charge in [0, 0.05) is 16.6 Å². The highest BCUT2D eigenvalue weighted by atomic mass is 79.9. The van der Waals surface area contributed by atoms with Crippen LogP contribution in [0.25, 0.3) is 0 Å². The maximum Gasteiger partial charge on any atom is 0.324 e. The molecule has 1 N–H and O–H groups in total. The first-order valence-electron chi connectivity index (χ1n) is 8.28. The summed E-state index contributed by atoms with van der Waals surface area (Å²) < 4.78 is 33.4. The van der Waals surface area contributed by atoms with Crippen LogP contribution in [-0.2, 0) is 26.2 Å². The van der Waals surface area contributed by atoms with E-state index in [1.54, 1.807) is 32.0 Å². The standard InChI is InChI=1S/C18H19BrN2O6S/c1-12(2)17(20-28(25,26)16-8-6-14(19)7-9-16)18(22)27-11-13-4-3-5-15(10-13)21(23)24/h3-10,12,17,20H,11H2,1-2H3/t17-/m0/s1. The fourth-order valence-electron chi connectivity index (χ4n) is 2.31. The number of halogens is 1. The molecule has 0 saturated carbocycles. The third-order valence-corrected chi connectivity index (χ3v) is 5.81. The molecular weight excluding hydrogens is 452 g/mol. The van der Waals surface area contributed by atoms with Crippen LogP contribution in [0.2, 0.25) is 0 Å². The highest BCUT2D eigenvalue weighted by molar-refractivity contribution is 9.10. The van der Waals surface area contributed by atoms with E-state index in [-0.39, 0.29) is 23.1 Å². The van der Waals surface area contributed by atoms with Crippen molar-refractivity contribution in [2.45, 2.75) is 31.4 Å². The minimum absolute atomic E-state index is 0.0211. The molecule has 0 aromatic heterocycles. The Balaban J connectivity index is 2.10. The second-order valence-electron chi connectivity index (χ2n) is 6.33. The number of rotatable bonds is 8. The van der Waals surface area contributed by atoms with E-state index in [2.05, 4.69) is 20.7 Å². The molecule has 0 bridgehead atoms. The summed E-state index contributed by atoms with van der Waals surface area (Å²) in [5, 5.41) is 10.8. The van der Waals surface area contributed by atoms with Crippen molar-refractivity contribution in [3.63, 3.8) is 0 Å². The number of nitrogens with zero attached hydrogens (tertiary/aromatic N) is 1. The molecule has 0 aliphatic rings. The smallest absolute Gasteiger partial charge is 0.324 e. The van der Waals surface area contributed by atoms with Crippen LogP contribution in [0.5, 0.6) is 0 Å². The fraction of sp³-hybridized carbons (Fsp3) is 0.278. The lowest BCUT2D eigenvalue weighted by Crippen LogP contribution is -2.45. The molecule has 0 radical (unpaired) electrons. The zero-order valence-electron chi connectivity index (χ0n) is 15.2. The molecule has 0 amide bonds. The van der Waals surface area contributed by atoms with Crippen LogP contribution in [0.3, 0.4) is 0 Å². The van der Waals surface area contributed by atoms with Crippen LogP contribution < -0.4 is 4.72 Å². The molecular formula is C18H19BrN2O6S. The fourth-order valence-corrected chi connectivity index (χ4v) is 3.91. The summed E-state index contributed by atoms with van der Waals surface area (Å²) in [6.45, 7) is 3.16. The van der Waals surface area contributed by atoms with E-state index in [0.29, 0.717) is 5.56 Å². The van der Waals surface area contributed by atoms with Crippen LogP contribution >= 0.6 is 15.9 Å². The number of nitro benzene ring substituents is 1. The van der Waals surface area contributed by atoms with Crippen molar-refractivity contribution < 1.29 is 22.9 Å². The van der Waals surface area contributed by atoms with E-state index in [0.717, 1.165) is 4.47 Å². The Morgan fingerprint density at radius 1 is 1.21 bits per heavy atom. The quantitative estimate of drug-likeness (QED) is 0.359. The summed E-state index contributed by atoms with van der Waals surface area (Å²) in [5.41, 5.74) is 0.311. The number of sulfonamides is 1. The zero-order chi connectivity index (χ0) is 20.9. The molecule has 0 heterocycles. The highest BCUT2D eigenvalue weighted by Gasteiger charge is 2.29. The summed E-state index contributed by atoms with van der Waals surface area (Å²) in [5.74, 6) is -1.13. The van der Waals surface area contributed by atoms with E-state index < -0.39 is 27.0 Å². The number of carbonyl (C=O) groups excluding carboxylic acids is 1. The molecule has 0 aliphatic carbocycles. The Hall–Kier alpha value is -2.30. The number of carbonyl (C=O) groups is 1. The first-order chi connectivity index (χ1) is 13.1. The number of non-ortho nitro benzene ring substituents is 1. The summed E-state index contributed by atoms with van der Waals surface area (Å²) >= 11 is 3.23. The van der Waals surface area contributed by atoms with E-state index >= 15 is 0 Å². The Morgan fingerprint density at radius 3 is 2.43 bits per heavy atom. The third kappa shape index (κ3) is 5.85. The van der Waals surface area contributed by atoms with E-state index in [9.17, 15) is 23.3 Å². The maximum absolute atomic E-state index is 12.5. The Labute approximate surface area is 171 Å². The molecule has 0 unspecified atom stereocenters. The van der Waals surface area contributed by atoms with Crippen molar-refractivity contribution >= 4 is 37.6 Å². The minimum atomic E-state index is -3.93. The second kappa shape index (κ2) is 9.26. The third-order valence-electron chi connectivity index (χ3n) is 3.83. The van der Waals surface area contributed by atoms with Crippen molar-refractivity contribution in [3.05, 3.63) is 68.7 Å². The largest absolute Gasteiger partial charge is 0.460 e. The predicted octanol–water partition coefficient (Wildman–Crippen LogP) is 3.40. The van der Waals surface area contributed by atoms with Gasteiger partial charge in [0.25, 0.3) is 5.69 Å². The number of ether oxygens (including phenoxy) is 1. The van der Waals surface area contributed by atoms with Crippen LogP contribution in [0.1, 0.15) is 19.4 Å². The SMILES string of the molecule is CC(C)[C@H](NS(=O)(=O)c1ccc(Br)cc1)C(=O)OCc1cccc([N+](=O)[O-])c1. The molecule has 0 fully saturated rings. The van der Waals surface area contributed by atoms with Gasteiger partial charge in [0.1, 0.15) is 12.6 Å². The summed E-state index contributed by atoms with van der Waals surface area (Å²) in [7, 11) is -3.93. The van der Waals surface area contributed by atoms with Crippen molar-refractivity contribution in [3.8, 4) is 0 Å². The second-order valence-corrected chi connectivity index (χ2v) is 8.96. The summed E-state index contributed by atoms with van der Waals surface area (Å²) in [4.78, 5) is 22.7. The van der Waals surface area contributed by atoms with Gasteiger partial charge in [-0.15, -0.1) is 0 Å². The average Bonchev–Trinajstić information content (AvgIpc) is 2.64. The maximum atomic E-state index is 12.5. The number of benzene rings is 2. The van der Waals surface area contributed by atoms with E-state index in [4.69, 9.17) is 4.74 Å². The van der Waals surface area contributed by atoms with Crippen LogP contribution in [0, 0.1) is 16.0 Å². The Bertz CT molecular complexity index is 960. The van der Waals surface area contributed by atoms with E-state index in [1.807, 2.05) is 0 Å². The molecule has 10 heteroatoms. The van der Waals surface area contributed by atoms with Gasteiger partial charge in [0.15, 0.2) is 0 Å². The van der Waals surface area contributed by atoms with Gasteiger partial charge in [-0.2, -0.15) is 4.72 Å². The molecule has 2 aromatic carbocycles. The topological polar surface area (TPSA) is 116 Å². The molecule has 28 heavy (non-hydrogen) atoms. The van der Waals surface area contributed by atoms with Gasteiger partial charge >= 0.3 is 5.97 Å². The molecule has 150 valence electrons. The number of hydrogen-bond acceptors (Lipinski definition) is 6. The van der Waals surface area contributed by atoms with Crippen molar-refractivity contribution in [1.82, 2.24) is 4.72 Å². The lowest BCUT2D eigenvalue weighted by molar-refractivity contribution is -0.384. The van der Waals surface area contributed by atoms with Gasteiger partial charge in [-0.05, 0) is 35.7 Å². The van der Waals surface area contributed by atoms with Gasteiger partial charge in [-0.1, -0.05) is 41.9 Å². The average molecular weight is 471 g/mol. The van der Waals surface area contributed by atoms with Crippen LogP contribution in [0.4, 0.5) is 5.69 Å². The summed E-state index contributed by atoms with van der Waals surface area (Å²) in [6, 6.07) is 10.6. The van der Waals surface area contributed by atoms with Gasteiger partial charge < -0.3 is 4.74 Å². The number of nitrogens with one attached hydrogen (secondary N) is 1. The molecule has 2 aromatic rings. The van der Waals surface area contributed by atoms with Gasteiger partial charge in [0.2, 0.25) is 10.0 Å². The van der Waals surface area contributed by atoms with Gasteiger partial charge in [-0.3, -0.25) is 14.9 Å². The Morgan fingerprint density at radius 2 is 1.86 bits per heavy atom. The summed E-state index contributed by atoms with van der Waals surface area (Å²) in [6.07, 6.45) is 0. The molecule has 0 aliphatic heterocycles. The van der Waals surface area contributed by atoms with Crippen molar-refractivity contribution in [1.29, 1.82) is 0 Å². The Kier molecular flexibility index (Phi) is 7.28. The van der Waals surface area contributed by atoms with Crippen LogP contribution in [0.15, 0.2) is 57.9 Å². The molecule has 1 atom stereocenters. The predicted molar refractivity (Wildman–Crippen MR) is 106 cm³/mol. The van der Waals surface area contributed by atoms with Gasteiger partial charge in [-0.25, -0.2) is 8.42 Å². The van der Waals surface area contributed by atoms with Crippen LogP contribution in [-0.4, -0.2) is 25.4 Å². The molecule has 8 nitrogen and oxygen atoms in total. The normalized spacial score (nSPS) is 12.6. The van der Waals surface area contributed by atoms with E-state index in [1.165, 1.54) is 30.3 Å². The number of nitro groups is 1. The monoisotopic (exact) mass is 470 g/mol. The molecule has 0 spiro atoms. The lowest BCUT2D eigenvalue weighted by Gasteiger charge is -2.21. The number of hydrogen-bond donors (Lipinski definition) is 1. The van der Waals surface area contributed by atoms with Crippen molar-refractivity contribution in [2.75, 3.05) is 0 Å². The molecule has 2 rings (SSSR count). The zero-order valence-corrected chi connectivity index (χ0v) is 17.6. The van der Waals surface area contributed by atoms with Crippen molar-refractivity contribution in [2.24, 2.45) is 5.92 Å². The highest BCUT2D eigenvalue weighted by Crippen LogP contribution is 2.18.